The van der Waals surface area contributed by atoms with Gasteiger partial charge in [-0.15, -0.1) is 6.42 Å². The van der Waals surface area contributed by atoms with Crippen LogP contribution in [0, 0.1) is 19.3 Å². The standard InChI is InChI=1S/C12H17N3O/c1-6-9-14-10(13)8(3)11(15-9)16-12(4,5)7-2/h2H,6H2,1,3-5H3,(H2,13,14,15). The van der Waals surface area contributed by atoms with Gasteiger partial charge in [-0.1, -0.05) is 12.8 Å². The first-order chi connectivity index (χ1) is 7.39. The van der Waals surface area contributed by atoms with Crippen molar-refractivity contribution in [2.45, 2.75) is 39.7 Å². The Kier molecular flexibility index (Phi) is 3.38. The molecule has 0 saturated carbocycles. The molecule has 0 saturated heterocycles. The van der Waals surface area contributed by atoms with E-state index in [-0.39, 0.29) is 0 Å². The Labute approximate surface area is 96.2 Å². The minimum Gasteiger partial charge on any atom is -0.458 e. The molecule has 0 radical (unpaired) electrons. The lowest BCUT2D eigenvalue weighted by molar-refractivity contribution is 0.162. The third-order valence-corrected chi connectivity index (χ3v) is 2.20. The van der Waals surface area contributed by atoms with Crippen LogP contribution in [0.3, 0.4) is 0 Å². The van der Waals surface area contributed by atoms with Crippen molar-refractivity contribution < 1.29 is 4.74 Å². The third-order valence-electron chi connectivity index (χ3n) is 2.20. The van der Waals surface area contributed by atoms with Gasteiger partial charge in [0, 0.05) is 6.42 Å². The molecule has 1 heterocycles. The first kappa shape index (κ1) is 12.3. The quantitative estimate of drug-likeness (QED) is 0.786. The molecule has 0 aliphatic heterocycles. The van der Waals surface area contributed by atoms with Gasteiger partial charge >= 0.3 is 0 Å². The molecule has 4 nitrogen and oxygen atoms in total. The van der Waals surface area contributed by atoms with Crippen molar-refractivity contribution in [3.8, 4) is 18.2 Å². The maximum absolute atomic E-state index is 5.77. The molecule has 0 atom stereocenters. The maximum Gasteiger partial charge on any atom is 0.223 e. The van der Waals surface area contributed by atoms with Crippen molar-refractivity contribution in [3.05, 3.63) is 11.4 Å². The molecular weight excluding hydrogens is 202 g/mol. The van der Waals surface area contributed by atoms with Crippen LogP contribution in [0.4, 0.5) is 5.82 Å². The number of hydrogen-bond donors (Lipinski definition) is 1. The first-order valence-corrected chi connectivity index (χ1v) is 5.19. The van der Waals surface area contributed by atoms with Gasteiger partial charge in [0.1, 0.15) is 11.6 Å². The highest BCUT2D eigenvalue weighted by molar-refractivity contribution is 5.44. The molecule has 2 N–H and O–H groups in total. The Hall–Kier alpha value is -1.76. The molecule has 4 heteroatoms. The third kappa shape index (κ3) is 2.63. The summed E-state index contributed by atoms with van der Waals surface area (Å²) in [5.41, 5.74) is 5.80. The summed E-state index contributed by atoms with van der Waals surface area (Å²) in [5, 5.41) is 0. The molecule has 0 aliphatic carbocycles. The average molecular weight is 219 g/mol. The number of rotatable bonds is 3. The van der Waals surface area contributed by atoms with Gasteiger partial charge in [-0.05, 0) is 20.8 Å². The summed E-state index contributed by atoms with van der Waals surface area (Å²) in [5.74, 6) is 4.11. The molecule has 1 aromatic rings. The Morgan fingerprint density at radius 3 is 2.56 bits per heavy atom. The monoisotopic (exact) mass is 219 g/mol. The van der Waals surface area contributed by atoms with Crippen LogP contribution in [0.25, 0.3) is 0 Å². The molecule has 0 spiro atoms. The smallest absolute Gasteiger partial charge is 0.223 e. The Morgan fingerprint density at radius 1 is 1.44 bits per heavy atom. The summed E-state index contributed by atoms with van der Waals surface area (Å²) in [6, 6.07) is 0. The van der Waals surface area contributed by atoms with Gasteiger partial charge in [-0.25, -0.2) is 4.98 Å². The second kappa shape index (κ2) is 4.40. The molecule has 0 fully saturated rings. The molecular formula is C12H17N3O. The van der Waals surface area contributed by atoms with Crippen LogP contribution in [-0.4, -0.2) is 15.6 Å². The molecule has 0 aliphatic rings. The van der Waals surface area contributed by atoms with Crippen molar-refractivity contribution in [3.63, 3.8) is 0 Å². The summed E-state index contributed by atoms with van der Waals surface area (Å²) in [7, 11) is 0. The van der Waals surface area contributed by atoms with Crippen LogP contribution in [0.2, 0.25) is 0 Å². The number of nitrogen functional groups attached to an aromatic ring is 1. The van der Waals surface area contributed by atoms with Gasteiger partial charge in [-0.2, -0.15) is 4.98 Å². The average Bonchev–Trinajstić information content (AvgIpc) is 2.24. The molecule has 0 unspecified atom stereocenters. The lowest BCUT2D eigenvalue weighted by atomic mass is 10.1. The summed E-state index contributed by atoms with van der Waals surface area (Å²) < 4.78 is 5.64. The fourth-order valence-corrected chi connectivity index (χ4v) is 1.09. The minimum absolute atomic E-state index is 0.440. The number of terminal acetylenes is 1. The van der Waals surface area contributed by atoms with Crippen LogP contribution in [0.15, 0.2) is 0 Å². The Morgan fingerprint density at radius 2 is 2.06 bits per heavy atom. The van der Waals surface area contributed by atoms with E-state index in [1.54, 1.807) is 13.8 Å². The molecule has 86 valence electrons. The zero-order valence-corrected chi connectivity index (χ0v) is 10.2. The van der Waals surface area contributed by atoms with Gasteiger partial charge in [-0.3, -0.25) is 0 Å². The number of nitrogens with two attached hydrogens (primary N) is 1. The lowest BCUT2D eigenvalue weighted by Crippen LogP contribution is -2.27. The summed E-state index contributed by atoms with van der Waals surface area (Å²) >= 11 is 0. The largest absolute Gasteiger partial charge is 0.458 e. The number of aryl methyl sites for hydroxylation is 1. The van der Waals surface area contributed by atoms with E-state index in [0.717, 1.165) is 5.56 Å². The molecule has 16 heavy (non-hydrogen) atoms. The SMILES string of the molecule is C#CC(C)(C)Oc1nc(CC)nc(N)c1C. The Bertz CT molecular complexity index is 433. The minimum atomic E-state index is -0.698. The van der Waals surface area contributed by atoms with Crippen molar-refractivity contribution in [2.24, 2.45) is 0 Å². The van der Waals surface area contributed by atoms with Gasteiger partial charge in [0.2, 0.25) is 5.88 Å². The molecule has 0 bridgehead atoms. The van der Waals surface area contributed by atoms with Crippen molar-refractivity contribution in [2.75, 3.05) is 5.73 Å². The molecule has 0 aromatic carbocycles. The predicted molar refractivity (Wildman–Crippen MR) is 64.1 cm³/mol. The van der Waals surface area contributed by atoms with Crippen molar-refractivity contribution in [1.29, 1.82) is 0 Å². The van der Waals surface area contributed by atoms with Crippen LogP contribution in [0.5, 0.6) is 5.88 Å². The van der Waals surface area contributed by atoms with E-state index < -0.39 is 5.60 Å². The fraction of sp³-hybridized carbons (Fsp3) is 0.500. The molecule has 0 amide bonds. The van der Waals surface area contributed by atoms with E-state index in [0.29, 0.717) is 23.9 Å². The normalized spacial score (nSPS) is 10.9. The van der Waals surface area contributed by atoms with Crippen molar-refractivity contribution in [1.82, 2.24) is 9.97 Å². The highest BCUT2D eigenvalue weighted by Crippen LogP contribution is 2.23. The van der Waals surface area contributed by atoms with Crippen LogP contribution in [0.1, 0.15) is 32.2 Å². The highest BCUT2D eigenvalue weighted by Gasteiger charge is 2.19. The van der Waals surface area contributed by atoms with Crippen molar-refractivity contribution >= 4 is 5.82 Å². The fourth-order valence-electron chi connectivity index (χ4n) is 1.09. The number of aromatic nitrogens is 2. The Balaban J connectivity index is 3.14. The van der Waals surface area contributed by atoms with E-state index in [9.17, 15) is 0 Å². The topological polar surface area (TPSA) is 61.0 Å². The van der Waals surface area contributed by atoms with E-state index in [1.807, 2.05) is 13.8 Å². The van der Waals surface area contributed by atoms with Crippen LogP contribution < -0.4 is 10.5 Å². The summed E-state index contributed by atoms with van der Waals surface area (Å²) in [4.78, 5) is 8.42. The lowest BCUT2D eigenvalue weighted by Gasteiger charge is -2.21. The van der Waals surface area contributed by atoms with E-state index >= 15 is 0 Å². The van der Waals surface area contributed by atoms with E-state index in [1.165, 1.54) is 0 Å². The zero-order valence-electron chi connectivity index (χ0n) is 10.2. The molecule has 1 rings (SSSR count). The predicted octanol–water partition coefficient (Wildman–Crippen LogP) is 1.72. The number of anilines is 1. The van der Waals surface area contributed by atoms with E-state index in [2.05, 4.69) is 15.9 Å². The second-order valence-electron chi connectivity index (χ2n) is 4.07. The number of hydrogen-bond acceptors (Lipinski definition) is 4. The number of nitrogens with zero attached hydrogens (tertiary/aromatic N) is 2. The first-order valence-electron chi connectivity index (χ1n) is 5.19. The van der Waals surface area contributed by atoms with Gasteiger partial charge < -0.3 is 10.5 Å². The van der Waals surface area contributed by atoms with Gasteiger partial charge in [0.05, 0.1) is 5.56 Å². The summed E-state index contributed by atoms with van der Waals surface area (Å²) in [6.45, 7) is 7.38. The highest BCUT2D eigenvalue weighted by atomic mass is 16.5. The molecule has 1 aromatic heterocycles. The van der Waals surface area contributed by atoms with Crippen LogP contribution >= 0.6 is 0 Å². The van der Waals surface area contributed by atoms with Crippen LogP contribution in [-0.2, 0) is 6.42 Å². The zero-order chi connectivity index (χ0) is 12.3. The van der Waals surface area contributed by atoms with Gasteiger partial charge in [0.25, 0.3) is 0 Å². The van der Waals surface area contributed by atoms with E-state index in [4.69, 9.17) is 16.9 Å². The summed E-state index contributed by atoms with van der Waals surface area (Å²) in [6.07, 6.45) is 6.07. The second-order valence-corrected chi connectivity index (χ2v) is 4.07. The van der Waals surface area contributed by atoms with Gasteiger partial charge in [0.15, 0.2) is 5.60 Å². The number of ether oxygens (including phenoxy) is 1. The maximum atomic E-state index is 5.77.